The van der Waals surface area contributed by atoms with Crippen molar-refractivity contribution in [3.63, 3.8) is 0 Å². The van der Waals surface area contributed by atoms with Crippen molar-refractivity contribution in [2.24, 2.45) is 0 Å². The van der Waals surface area contributed by atoms with Crippen LogP contribution in [0.3, 0.4) is 0 Å². The van der Waals surface area contributed by atoms with Gasteiger partial charge in [-0.05, 0) is 38.6 Å². The maximum absolute atomic E-state index is 14.0. The summed E-state index contributed by atoms with van der Waals surface area (Å²) in [5.74, 6) is -0.0966. The molecule has 4 heteroatoms. The Morgan fingerprint density at radius 1 is 1.32 bits per heavy atom. The normalized spacial score (nSPS) is 23.7. The minimum atomic E-state index is -0.0966. The summed E-state index contributed by atoms with van der Waals surface area (Å²) in [6.07, 6.45) is 2.60. The highest BCUT2D eigenvalue weighted by atomic mass is 19.1. The molecule has 2 aliphatic heterocycles. The zero-order valence-corrected chi connectivity index (χ0v) is 11.5. The van der Waals surface area contributed by atoms with Crippen LogP contribution >= 0.6 is 0 Å². The first-order valence-corrected chi connectivity index (χ1v) is 7.20. The van der Waals surface area contributed by atoms with Crippen LogP contribution < -0.4 is 10.2 Å². The van der Waals surface area contributed by atoms with Crippen molar-refractivity contribution in [2.75, 3.05) is 38.1 Å². The van der Waals surface area contributed by atoms with Crippen LogP contribution in [0.1, 0.15) is 18.4 Å². The second kappa shape index (κ2) is 5.47. The number of piperazine rings is 1. The largest absolute Gasteiger partial charge is 0.368 e. The molecule has 0 aliphatic carbocycles. The van der Waals surface area contributed by atoms with E-state index >= 15 is 0 Å². The first-order valence-electron chi connectivity index (χ1n) is 7.20. The molecule has 2 aliphatic rings. The second-order valence-electron chi connectivity index (χ2n) is 5.55. The lowest BCUT2D eigenvalue weighted by atomic mass is 10.1. The van der Waals surface area contributed by atoms with E-state index in [4.69, 9.17) is 0 Å². The zero-order valence-electron chi connectivity index (χ0n) is 11.5. The summed E-state index contributed by atoms with van der Waals surface area (Å²) in [5, 5.41) is 3.07. The van der Waals surface area contributed by atoms with E-state index in [9.17, 15) is 4.39 Å². The third-order valence-corrected chi connectivity index (χ3v) is 4.38. The van der Waals surface area contributed by atoms with E-state index in [-0.39, 0.29) is 5.82 Å². The molecule has 3 nitrogen and oxygen atoms in total. The van der Waals surface area contributed by atoms with Crippen molar-refractivity contribution in [2.45, 2.75) is 25.4 Å². The van der Waals surface area contributed by atoms with E-state index in [0.717, 1.165) is 30.9 Å². The van der Waals surface area contributed by atoms with E-state index in [1.807, 2.05) is 13.1 Å². The Bertz CT molecular complexity index is 449. The summed E-state index contributed by atoms with van der Waals surface area (Å²) in [7, 11) is 1.87. The van der Waals surface area contributed by atoms with Crippen molar-refractivity contribution in [3.8, 4) is 0 Å². The molecule has 104 valence electrons. The van der Waals surface area contributed by atoms with Crippen molar-refractivity contribution >= 4 is 5.69 Å². The molecule has 0 bridgehead atoms. The highest BCUT2D eigenvalue weighted by Crippen LogP contribution is 2.28. The lowest BCUT2D eigenvalue weighted by molar-refractivity contribution is 0.230. The van der Waals surface area contributed by atoms with E-state index in [1.54, 1.807) is 6.07 Å². The van der Waals surface area contributed by atoms with Gasteiger partial charge in [-0.15, -0.1) is 0 Å². The van der Waals surface area contributed by atoms with Crippen molar-refractivity contribution in [3.05, 3.63) is 29.6 Å². The number of hydrogen-bond donors (Lipinski definition) is 1. The topological polar surface area (TPSA) is 18.5 Å². The third-order valence-electron chi connectivity index (χ3n) is 4.38. The van der Waals surface area contributed by atoms with Gasteiger partial charge in [0, 0.05) is 43.5 Å². The van der Waals surface area contributed by atoms with E-state index in [1.165, 1.54) is 19.4 Å². The first-order chi connectivity index (χ1) is 9.29. The molecule has 2 heterocycles. The summed E-state index contributed by atoms with van der Waals surface area (Å²) in [5.41, 5.74) is 1.87. The highest BCUT2D eigenvalue weighted by Gasteiger charge is 2.31. The minimum absolute atomic E-state index is 0.0966. The molecular weight excluding hydrogens is 241 g/mol. The highest BCUT2D eigenvalue weighted by molar-refractivity contribution is 5.55. The molecule has 2 fully saturated rings. The Morgan fingerprint density at radius 3 is 3.05 bits per heavy atom. The molecule has 1 unspecified atom stereocenters. The predicted molar refractivity (Wildman–Crippen MR) is 76.0 cm³/mol. The molecule has 0 amide bonds. The average molecular weight is 263 g/mol. The van der Waals surface area contributed by atoms with Gasteiger partial charge in [-0.1, -0.05) is 6.07 Å². The Balaban J connectivity index is 1.83. The first kappa shape index (κ1) is 12.9. The maximum Gasteiger partial charge on any atom is 0.129 e. The van der Waals surface area contributed by atoms with Crippen LogP contribution in [0.2, 0.25) is 0 Å². The molecule has 0 saturated carbocycles. The average Bonchev–Trinajstić information content (AvgIpc) is 2.88. The monoisotopic (exact) mass is 263 g/mol. The van der Waals surface area contributed by atoms with Gasteiger partial charge >= 0.3 is 0 Å². The fourth-order valence-corrected chi connectivity index (χ4v) is 3.41. The third kappa shape index (κ3) is 2.47. The molecule has 1 atom stereocenters. The number of halogens is 1. The number of anilines is 1. The molecule has 1 aromatic carbocycles. The second-order valence-corrected chi connectivity index (χ2v) is 5.55. The van der Waals surface area contributed by atoms with Crippen LogP contribution in [0.4, 0.5) is 10.1 Å². The fourth-order valence-electron chi connectivity index (χ4n) is 3.41. The van der Waals surface area contributed by atoms with Gasteiger partial charge < -0.3 is 10.2 Å². The molecular formula is C15H22FN3. The molecule has 2 saturated heterocycles. The van der Waals surface area contributed by atoms with Crippen molar-refractivity contribution in [1.82, 2.24) is 10.2 Å². The van der Waals surface area contributed by atoms with Crippen LogP contribution in [0.5, 0.6) is 0 Å². The van der Waals surface area contributed by atoms with Crippen LogP contribution in [-0.2, 0) is 6.54 Å². The van der Waals surface area contributed by atoms with Gasteiger partial charge in [0.2, 0.25) is 0 Å². The van der Waals surface area contributed by atoms with Gasteiger partial charge in [0.25, 0.3) is 0 Å². The SMILES string of the molecule is CNCc1c(F)cccc1N1CCN2CCCC2C1. The van der Waals surface area contributed by atoms with E-state index in [0.29, 0.717) is 12.6 Å². The van der Waals surface area contributed by atoms with E-state index < -0.39 is 0 Å². The molecule has 0 spiro atoms. The Labute approximate surface area is 114 Å². The molecule has 3 rings (SSSR count). The summed E-state index contributed by atoms with van der Waals surface area (Å²) in [4.78, 5) is 4.94. The maximum atomic E-state index is 14.0. The molecule has 0 aromatic heterocycles. The standard InChI is InChI=1S/C15H22FN3/c1-17-10-13-14(16)5-2-6-15(13)19-9-8-18-7-3-4-12(18)11-19/h2,5-6,12,17H,3-4,7-11H2,1H3. The zero-order chi connectivity index (χ0) is 13.2. The summed E-state index contributed by atoms with van der Waals surface area (Å²) >= 11 is 0. The fraction of sp³-hybridized carbons (Fsp3) is 0.600. The molecule has 1 aromatic rings. The van der Waals surface area contributed by atoms with Crippen molar-refractivity contribution in [1.29, 1.82) is 0 Å². The number of rotatable bonds is 3. The van der Waals surface area contributed by atoms with Crippen LogP contribution in [0.25, 0.3) is 0 Å². The predicted octanol–water partition coefficient (Wildman–Crippen LogP) is 1.83. The Morgan fingerprint density at radius 2 is 2.21 bits per heavy atom. The number of benzene rings is 1. The van der Waals surface area contributed by atoms with Gasteiger partial charge in [0.1, 0.15) is 5.82 Å². The van der Waals surface area contributed by atoms with Crippen LogP contribution in [0.15, 0.2) is 18.2 Å². The van der Waals surface area contributed by atoms with E-state index in [2.05, 4.69) is 21.2 Å². The molecule has 1 N–H and O–H groups in total. The van der Waals surface area contributed by atoms with Gasteiger partial charge in [0.05, 0.1) is 0 Å². The van der Waals surface area contributed by atoms with Gasteiger partial charge in [-0.3, -0.25) is 4.90 Å². The van der Waals surface area contributed by atoms with Crippen molar-refractivity contribution < 1.29 is 4.39 Å². The van der Waals surface area contributed by atoms with Crippen LogP contribution in [-0.4, -0.2) is 44.2 Å². The smallest absolute Gasteiger partial charge is 0.129 e. The number of nitrogens with zero attached hydrogens (tertiary/aromatic N) is 2. The number of nitrogens with one attached hydrogen (secondary N) is 1. The Kier molecular flexibility index (Phi) is 3.71. The lowest BCUT2D eigenvalue weighted by Gasteiger charge is -2.39. The number of hydrogen-bond acceptors (Lipinski definition) is 3. The summed E-state index contributed by atoms with van der Waals surface area (Å²) < 4.78 is 14.0. The van der Waals surface area contributed by atoms with Crippen LogP contribution in [0, 0.1) is 5.82 Å². The molecule has 0 radical (unpaired) electrons. The Hall–Kier alpha value is -1.13. The minimum Gasteiger partial charge on any atom is -0.368 e. The summed E-state index contributed by atoms with van der Waals surface area (Å²) in [6.45, 7) is 4.99. The summed E-state index contributed by atoms with van der Waals surface area (Å²) in [6, 6.07) is 6.10. The van der Waals surface area contributed by atoms with Gasteiger partial charge in [0.15, 0.2) is 0 Å². The number of fused-ring (bicyclic) bond motifs is 1. The quantitative estimate of drug-likeness (QED) is 0.897. The van der Waals surface area contributed by atoms with Gasteiger partial charge in [-0.2, -0.15) is 0 Å². The lowest BCUT2D eigenvalue weighted by Crippen LogP contribution is -2.50. The molecule has 19 heavy (non-hydrogen) atoms. The van der Waals surface area contributed by atoms with Gasteiger partial charge in [-0.25, -0.2) is 4.39 Å².